The number of hydrogen-bond acceptors (Lipinski definition) is 5. The number of ether oxygens (including phenoxy) is 1. The number of ketones is 2. The van der Waals surface area contributed by atoms with Gasteiger partial charge in [-0.1, -0.05) is 66.7 Å². The van der Waals surface area contributed by atoms with E-state index in [0.717, 1.165) is 5.56 Å². The predicted molar refractivity (Wildman–Crippen MR) is 117 cm³/mol. The third-order valence-corrected chi connectivity index (χ3v) is 4.96. The van der Waals surface area contributed by atoms with Gasteiger partial charge in [0.25, 0.3) is 0 Å². The first-order valence-electron chi connectivity index (χ1n) is 9.75. The maximum absolute atomic E-state index is 13.3. The quantitative estimate of drug-likeness (QED) is 0.644. The van der Waals surface area contributed by atoms with Gasteiger partial charge >= 0.3 is 0 Å². The number of nitrogens with one attached hydrogen (secondary N) is 2. The van der Waals surface area contributed by atoms with E-state index in [0.29, 0.717) is 11.4 Å². The number of rotatable bonds is 6. The van der Waals surface area contributed by atoms with Crippen LogP contribution in [0.4, 0.5) is 5.69 Å². The minimum Gasteiger partial charge on any atom is -0.495 e. The van der Waals surface area contributed by atoms with Crippen molar-refractivity contribution in [2.45, 2.75) is 6.42 Å². The largest absolute Gasteiger partial charge is 0.495 e. The number of carbonyl (C=O) groups is 3. The van der Waals surface area contributed by atoms with Gasteiger partial charge in [-0.15, -0.1) is 0 Å². The van der Waals surface area contributed by atoms with Crippen LogP contribution in [0.2, 0.25) is 0 Å². The van der Waals surface area contributed by atoms with Gasteiger partial charge in [0.1, 0.15) is 17.1 Å². The van der Waals surface area contributed by atoms with Gasteiger partial charge in [-0.25, -0.2) is 0 Å². The number of methoxy groups -OCH3 is 1. The van der Waals surface area contributed by atoms with Crippen molar-refractivity contribution < 1.29 is 19.1 Å². The molecule has 1 aliphatic rings. The number of para-hydroxylation sites is 2. The van der Waals surface area contributed by atoms with Gasteiger partial charge in [0, 0.05) is 11.1 Å². The Morgan fingerprint density at radius 3 is 2.03 bits per heavy atom. The maximum Gasteiger partial charge on any atom is 0.228 e. The normalized spacial score (nSPS) is 12.9. The van der Waals surface area contributed by atoms with E-state index in [4.69, 9.17) is 4.74 Å². The number of benzene rings is 3. The second-order valence-corrected chi connectivity index (χ2v) is 6.99. The summed E-state index contributed by atoms with van der Waals surface area (Å²) >= 11 is 0. The fourth-order valence-electron chi connectivity index (χ4n) is 3.46. The molecule has 2 N–H and O–H groups in total. The lowest BCUT2D eigenvalue weighted by molar-refractivity contribution is -0.119. The third-order valence-electron chi connectivity index (χ3n) is 4.96. The van der Waals surface area contributed by atoms with Crippen LogP contribution in [0.5, 0.6) is 5.75 Å². The second-order valence-electron chi connectivity index (χ2n) is 6.99. The lowest BCUT2D eigenvalue weighted by atomic mass is 9.90. The van der Waals surface area contributed by atoms with Crippen LogP contribution in [0, 0.1) is 0 Å². The zero-order valence-corrected chi connectivity index (χ0v) is 16.8. The molecule has 0 fully saturated rings. The Balaban J connectivity index is 1.73. The van der Waals surface area contributed by atoms with E-state index in [2.05, 4.69) is 10.6 Å². The van der Waals surface area contributed by atoms with Crippen LogP contribution in [0.3, 0.4) is 0 Å². The molecule has 0 saturated heterocycles. The number of amides is 1. The summed E-state index contributed by atoms with van der Waals surface area (Å²) in [5.74, 6) is -0.685. The molecular formula is C25H20N2O4. The van der Waals surface area contributed by atoms with Crippen molar-refractivity contribution in [3.63, 3.8) is 0 Å². The molecule has 6 nitrogen and oxygen atoms in total. The number of hydrogen-bond donors (Lipinski definition) is 2. The smallest absolute Gasteiger partial charge is 0.228 e. The highest BCUT2D eigenvalue weighted by molar-refractivity contribution is 6.28. The third kappa shape index (κ3) is 4.09. The minimum absolute atomic E-state index is 0.00890. The number of Topliss-reactive ketones (excluding diaryl/α,β-unsaturated/α-hetero) is 2. The van der Waals surface area contributed by atoms with Crippen molar-refractivity contribution >= 4 is 23.2 Å². The van der Waals surface area contributed by atoms with Gasteiger partial charge in [-0.05, 0) is 17.7 Å². The Labute approximate surface area is 179 Å². The van der Waals surface area contributed by atoms with Crippen LogP contribution < -0.4 is 15.4 Å². The number of fused-ring (bicyclic) bond motifs is 1. The molecular weight excluding hydrogens is 392 g/mol. The Kier molecular flexibility index (Phi) is 5.62. The van der Waals surface area contributed by atoms with Crippen molar-refractivity contribution in [2.75, 3.05) is 12.4 Å². The average molecular weight is 412 g/mol. The van der Waals surface area contributed by atoms with Crippen LogP contribution in [0.15, 0.2) is 90.3 Å². The zero-order chi connectivity index (χ0) is 21.8. The molecule has 1 amide bonds. The van der Waals surface area contributed by atoms with Crippen LogP contribution in [0.25, 0.3) is 0 Å². The Hall–Kier alpha value is -4.19. The monoisotopic (exact) mass is 412 g/mol. The van der Waals surface area contributed by atoms with Gasteiger partial charge in [0.15, 0.2) is 0 Å². The molecule has 0 radical (unpaired) electrons. The molecule has 0 atom stereocenters. The molecule has 3 aromatic rings. The number of anilines is 1. The summed E-state index contributed by atoms with van der Waals surface area (Å²) in [6.07, 6.45) is 0.0788. The molecule has 6 heteroatoms. The summed E-state index contributed by atoms with van der Waals surface area (Å²) < 4.78 is 5.35. The average Bonchev–Trinajstić information content (AvgIpc) is 2.80. The molecule has 1 aliphatic carbocycles. The first-order chi connectivity index (χ1) is 15.1. The van der Waals surface area contributed by atoms with Crippen molar-refractivity contribution in [3.05, 3.63) is 107 Å². The number of allylic oxidation sites excluding steroid dienone is 2. The SMILES string of the molecule is COc1ccccc1NC1=C(NC(=O)Cc2ccccc2)C(=O)c2ccccc2C1=O. The van der Waals surface area contributed by atoms with E-state index < -0.39 is 5.78 Å². The van der Waals surface area contributed by atoms with Gasteiger partial charge < -0.3 is 15.4 Å². The molecule has 0 saturated carbocycles. The highest BCUT2D eigenvalue weighted by atomic mass is 16.5. The summed E-state index contributed by atoms with van der Waals surface area (Å²) in [5.41, 5.74) is 1.79. The molecule has 0 unspecified atom stereocenters. The molecule has 0 heterocycles. The molecule has 0 aromatic heterocycles. The van der Waals surface area contributed by atoms with Crippen LogP contribution in [-0.2, 0) is 11.2 Å². The van der Waals surface area contributed by atoms with Crippen molar-refractivity contribution in [1.82, 2.24) is 5.32 Å². The Bertz CT molecular complexity index is 1200. The molecule has 0 spiro atoms. The molecule has 3 aromatic carbocycles. The summed E-state index contributed by atoms with van der Waals surface area (Å²) in [6, 6.07) is 22.8. The second kappa shape index (κ2) is 8.67. The summed E-state index contributed by atoms with van der Waals surface area (Å²) in [7, 11) is 1.51. The van der Waals surface area contributed by atoms with Crippen molar-refractivity contribution in [2.24, 2.45) is 0 Å². The first kappa shape index (κ1) is 20.1. The summed E-state index contributed by atoms with van der Waals surface area (Å²) in [6.45, 7) is 0. The van der Waals surface area contributed by atoms with Gasteiger partial charge in [-0.2, -0.15) is 0 Å². The Morgan fingerprint density at radius 1 is 0.774 bits per heavy atom. The first-order valence-corrected chi connectivity index (χ1v) is 9.75. The molecule has 0 bridgehead atoms. The zero-order valence-electron chi connectivity index (χ0n) is 16.8. The summed E-state index contributed by atoms with van der Waals surface area (Å²) in [5, 5.41) is 5.67. The highest BCUT2D eigenvalue weighted by Crippen LogP contribution is 2.30. The fourth-order valence-corrected chi connectivity index (χ4v) is 3.46. The topological polar surface area (TPSA) is 84.5 Å². The fraction of sp³-hybridized carbons (Fsp3) is 0.0800. The maximum atomic E-state index is 13.3. The van der Waals surface area contributed by atoms with Gasteiger partial charge in [-0.3, -0.25) is 14.4 Å². The van der Waals surface area contributed by atoms with Gasteiger partial charge in [0.2, 0.25) is 17.5 Å². The van der Waals surface area contributed by atoms with Crippen LogP contribution >= 0.6 is 0 Å². The van der Waals surface area contributed by atoms with Crippen molar-refractivity contribution in [1.29, 1.82) is 0 Å². The van der Waals surface area contributed by atoms with E-state index in [1.54, 1.807) is 48.5 Å². The summed E-state index contributed by atoms with van der Waals surface area (Å²) in [4.78, 5) is 39.2. The molecule has 31 heavy (non-hydrogen) atoms. The molecule has 154 valence electrons. The van der Waals surface area contributed by atoms with Gasteiger partial charge in [0.05, 0.1) is 19.2 Å². The Morgan fingerprint density at radius 2 is 1.35 bits per heavy atom. The molecule has 0 aliphatic heterocycles. The van der Waals surface area contributed by atoms with E-state index in [1.165, 1.54) is 7.11 Å². The molecule has 4 rings (SSSR count). The predicted octanol–water partition coefficient (Wildman–Crippen LogP) is 3.76. The minimum atomic E-state index is -0.422. The van der Waals surface area contributed by atoms with E-state index in [-0.39, 0.29) is 40.6 Å². The van der Waals surface area contributed by atoms with E-state index in [9.17, 15) is 14.4 Å². The lowest BCUT2D eigenvalue weighted by Crippen LogP contribution is -2.36. The van der Waals surface area contributed by atoms with E-state index >= 15 is 0 Å². The number of carbonyl (C=O) groups excluding carboxylic acids is 3. The van der Waals surface area contributed by atoms with Crippen LogP contribution in [-0.4, -0.2) is 24.6 Å². The van der Waals surface area contributed by atoms with Crippen LogP contribution in [0.1, 0.15) is 26.3 Å². The lowest BCUT2D eigenvalue weighted by Gasteiger charge is -2.23. The highest BCUT2D eigenvalue weighted by Gasteiger charge is 2.33. The van der Waals surface area contributed by atoms with E-state index in [1.807, 2.05) is 30.3 Å². The van der Waals surface area contributed by atoms with Crippen molar-refractivity contribution in [3.8, 4) is 5.75 Å². The standard InChI is InChI=1S/C25H20N2O4/c1-31-20-14-8-7-13-19(20)26-22-23(27-21(28)15-16-9-3-2-4-10-16)25(30)18-12-6-5-11-17(18)24(22)29/h2-14,26H,15H2,1H3,(H,27,28).